The lowest BCUT2D eigenvalue weighted by molar-refractivity contribution is -0.386. The minimum absolute atomic E-state index is 0.0373. The molecule has 0 aliphatic rings. The molecule has 0 amide bonds. The number of nitro groups is 1. The molecule has 0 unspecified atom stereocenters. The molecule has 19 heavy (non-hydrogen) atoms. The van der Waals surface area contributed by atoms with Crippen LogP contribution in [0, 0.1) is 10.1 Å². The fraction of sp³-hybridized carbons (Fsp3) is 0.538. The van der Waals surface area contributed by atoms with Crippen molar-refractivity contribution >= 4 is 21.6 Å². The van der Waals surface area contributed by atoms with Crippen molar-refractivity contribution in [2.24, 2.45) is 0 Å². The van der Waals surface area contributed by atoms with Crippen LogP contribution in [0.5, 0.6) is 5.75 Å². The van der Waals surface area contributed by atoms with Gasteiger partial charge in [0, 0.05) is 16.4 Å². The van der Waals surface area contributed by atoms with Gasteiger partial charge in [0.05, 0.1) is 11.5 Å². The molecule has 0 saturated carbocycles. The molecule has 5 nitrogen and oxygen atoms in total. The molecule has 1 aromatic carbocycles. The summed E-state index contributed by atoms with van der Waals surface area (Å²) in [4.78, 5) is 10.8. The van der Waals surface area contributed by atoms with Gasteiger partial charge in [0.15, 0.2) is 5.75 Å². The van der Waals surface area contributed by atoms with E-state index in [1.807, 2.05) is 13.8 Å². The Labute approximate surface area is 121 Å². The highest BCUT2D eigenvalue weighted by molar-refractivity contribution is 9.10. The predicted octanol–water partition coefficient (Wildman–Crippen LogP) is 3.26. The topological polar surface area (TPSA) is 64.4 Å². The van der Waals surface area contributed by atoms with Gasteiger partial charge in [0.1, 0.15) is 0 Å². The van der Waals surface area contributed by atoms with Crippen LogP contribution in [0.25, 0.3) is 0 Å². The van der Waals surface area contributed by atoms with Crippen LogP contribution in [0.3, 0.4) is 0 Å². The molecule has 0 atom stereocenters. The third kappa shape index (κ3) is 5.16. The minimum atomic E-state index is -0.388. The minimum Gasteiger partial charge on any atom is -0.487 e. The van der Waals surface area contributed by atoms with E-state index in [-0.39, 0.29) is 14.9 Å². The first-order valence-corrected chi connectivity index (χ1v) is 6.87. The van der Waals surface area contributed by atoms with E-state index in [9.17, 15) is 10.1 Å². The average Bonchev–Trinajstić information content (AvgIpc) is 2.27. The number of ether oxygens (including phenoxy) is 1. The fourth-order valence-electron chi connectivity index (χ4n) is 1.63. The summed E-state index contributed by atoms with van der Waals surface area (Å²) in [7, 11) is 1.75. The average molecular weight is 331 g/mol. The molecule has 106 valence electrons. The Hall–Kier alpha value is -1.14. The molecular weight excluding hydrogens is 312 g/mol. The van der Waals surface area contributed by atoms with Crippen molar-refractivity contribution in [3.05, 3.63) is 33.9 Å². The third-order valence-electron chi connectivity index (χ3n) is 2.59. The summed E-state index contributed by atoms with van der Waals surface area (Å²) in [6, 6.07) is 5.14. The number of rotatable bonds is 7. The van der Waals surface area contributed by atoms with Gasteiger partial charge < -0.3 is 10.1 Å². The normalized spacial score (nSPS) is 11.4. The third-order valence-corrected chi connectivity index (χ3v) is 2.98. The summed E-state index contributed by atoms with van der Waals surface area (Å²) in [5.74, 6) is 0.328. The van der Waals surface area contributed by atoms with Crippen molar-refractivity contribution in [1.29, 1.82) is 0 Å². The predicted molar refractivity (Wildman–Crippen MR) is 79.0 cm³/mol. The highest BCUT2D eigenvalue weighted by Crippen LogP contribution is 2.31. The van der Waals surface area contributed by atoms with E-state index in [1.54, 1.807) is 25.2 Å². The molecule has 6 heteroatoms. The molecule has 0 saturated heterocycles. The number of hydrogen-bond donors (Lipinski definition) is 1. The highest BCUT2D eigenvalue weighted by Gasteiger charge is 2.21. The van der Waals surface area contributed by atoms with Gasteiger partial charge in [0.2, 0.25) is 0 Å². The molecule has 1 aromatic rings. The van der Waals surface area contributed by atoms with Crippen LogP contribution in [-0.4, -0.2) is 22.9 Å². The van der Waals surface area contributed by atoms with Gasteiger partial charge >= 0.3 is 5.69 Å². The van der Waals surface area contributed by atoms with Crippen molar-refractivity contribution in [2.45, 2.75) is 31.1 Å². The molecule has 0 bridgehead atoms. The number of nitrogens with zero attached hydrogens (tertiary/aromatic N) is 1. The molecule has 0 aliphatic carbocycles. The summed E-state index contributed by atoms with van der Waals surface area (Å²) < 4.78 is 5.52. The van der Waals surface area contributed by atoms with Gasteiger partial charge in [-0.1, -0.05) is 28.1 Å². The van der Waals surface area contributed by atoms with Crippen LogP contribution in [-0.2, 0) is 6.54 Å². The summed E-state index contributed by atoms with van der Waals surface area (Å²) >= 11 is 3.52. The number of nitrogens with one attached hydrogen (secondary N) is 1. The van der Waals surface area contributed by atoms with E-state index in [4.69, 9.17) is 4.74 Å². The molecule has 0 radical (unpaired) electrons. The van der Waals surface area contributed by atoms with Crippen molar-refractivity contribution in [3.63, 3.8) is 0 Å². The Morgan fingerprint density at radius 1 is 1.47 bits per heavy atom. The molecule has 0 spiro atoms. The number of benzene rings is 1. The Bertz CT molecular complexity index is 444. The molecule has 0 heterocycles. The van der Waals surface area contributed by atoms with Crippen LogP contribution < -0.4 is 10.1 Å². The SMILES string of the molecule is CNCc1cccc(OCCC(C)(C)Br)c1[N+](=O)[O-]. The first-order valence-electron chi connectivity index (χ1n) is 6.08. The summed E-state index contributed by atoms with van der Waals surface area (Å²) in [6.45, 7) is 4.93. The Morgan fingerprint density at radius 2 is 2.16 bits per heavy atom. The Balaban J connectivity index is 2.87. The Kier molecular flexibility index (Phi) is 5.75. The van der Waals surface area contributed by atoms with Gasteiger partial charge in [-0.15, -0.1) is 0 Å². The van der Waals surface area contributed by atoms with Crippen molar-refractivity contribution in [3.8, 4) is 5.75 Å². The van der Waals surface area contributed by atoms with E-state index >= 15 is 0 Å². The van der Waals surface area contributed by atoms with E-state index in [0.717, 1.165) is 6.42 Å². The van der Waals surface area contributed by atoms with E-state index in [0.29, 0.717) is 24.5 Å². The van der Waals surface area contributed by atoms with Crippen LogP contribution >= 0.6 is 15.9 Å². The molecule has 1 rings (SSSR count). The number of alkyl halides is 1. The lowest BCUT2D eigenvalue weighted by Gasteiger charge is -2.16. The van der Waals surface area contributed by atoms with Crippen LogP contribution in [0.15, 0.2) is 18.2 Å². The van der Waals surface area contributed by atoms with E-state index < -0.39 is 0 Å². The number of para-hydroxylation sites is 1. The number of nitro benzene ring substituents is 1. The summed E-state index contributed by atoms with van der Waals surface area (Å²) in [6.07, 6.45) is 0.764. The Morgan fingerprint density at radius 3 is 2.68 bits per heavy atom. The zero-order chi connectivity index (χ0) is 14.5. The zero-order valence-corrected chi connectivity index (χ0v) is 13.0. The maximum atomic E-state index is 11.2. The van der Waals surface area contributed by atoms with Crippen molar-refractivity contribution in [1.82, 2.24) is 5.32 Å². The highest BCUT2D eigenvalue weighted by atomic mass is 79.9. The van der Waals surface area contributed by atoms with Crippen LogP contribution in [0.2, 0.25) is 0 Å². The molecule has 1 N–H and O–H groups in total. The standard InChI is InChI=1S/C13H19BrN2O3/c1-13(2,14)7-8-19-11-6-4-5-10(9-15-3)12(11)16(17)18/h4-6,15H,7-9H2,1-3H3. The lowest BCUT2D eigenvalue weighted by Crippen LogP contribution is -2.15. The van der Waals surface area contributed by atoms with Gasteiger partial charge in [0.25, 0.3) is 0 Å². The lowest BCUT2D eigenvalue weighted by atomic mass is 10.1. The number of hydrogen-bond acceptors (Lipinski definition) is 4. The van der Waals surface area contributed by atoms with Gasteiger partial charge in [-0.25, -0.2) is 0 Å². The first-order chi connectivity index (χ1) is 8.85. The molecule has 0 aromatic heterocycles. The van der Waals surface area contributed by atoms with E-state index in [2.05, 4.69) is 21.2 Å². The largest absolute Gasteiger partial charge is 0.487 e. The van der Waals surface area contributed by atoms with Gasteiger partial charge in [-0.3, -0.25) is 10.1 Å². The van der Waals surface area contributed by atoms with Gasteiger partial charge in [-0.05, 0) is 33.4 Å². The molecule has 0 fully saturated rings. The zero-order valence-electron chi connectivity index (χ0n) is 11.4. The number of halogens is 1. The maximum Gasteiger partial charge on any atom is 0.315 e. The summed E-state index contributed by atoms with van der Waals surface area (Å²) in [5.41, 5.74) is 0.673. The monoisotopic (exact) mass is 330 g/mol. The molecule has 0 aliphatic heterocycles. The molecular formula is C13H19BrN2O3. The van der Waals surface area contributed by atoms with Crippen LogP contribution in [0.1, 0.15) is 25.8 Å². The fourth-order valence-corrected chi connectivity index (χ4v) is 1.79. The first kappa shape index (κ1) is 15.9. The van der Waals surface area contributed by atoms with Crippen LogP contribution in [0.4, 0.5) is 5.69 Å². The second-order valence-electron chi connectivity index (χ2n) is 4.87. The summed E-state index contributed by atoms with van der Waals surface area (Å²) in [5, 5.41) is 14.1. The second kappa shape index (κ2) is 6.86. The smallest absolute Gasteiger partial charge is 0.315 e. The second-order valence-corrected chi connectivity index (χ2v) is 7.02. The van der Waals surface area contributed by atoms with E-state index in [1.165, 1.54) is 0 Å². The van der Waals surface area contributed by atoms with Crippen molar-refractivity contribution < 1.29 is 9.66 Å². The van der Waals surface area contributed by atoms with Gasteiger partial charge in [-0.2, -0.15) is 0 Å². The quantitative estimate of drug-likeness (QED) is 0.473. The van der Waals surface area contributed by atoms with Crippen molar-refractivity contribution in [2.75, 3.05) is 13.7 Å². The maximum absolute atomic E-state index is 11.2.